The van der Waals surface area contributed by atoms with Crippen LogP contribution < -0.4 is 10.1 Å². The second-order valence-corrected chi connectivity index (χ2v) is 8.64. The van der Waals surface area contributed by atoms with Gasteiger partial charge in [-0.2, -0.15) is 5.26 Å². The quantitative estimate of drug-likeness (QED) is 0.590. The van der Waals surface area contributed by atoms with E-state index in [1.807, 2.05) is 20.0 Å². The summed E-state index contributed by atoms with van der Waals surface area (Å²) in [4.78, 5) is -0.0972. The zero-order valence-electron chi connectivity index (χ0n) is 14.6. The van der Waals surface area contributed by atoms with E-state index in [4.69, 9.17) is 10.00 Å². The first-order valence-corrected chi connectivity index (χ1v) is 9.95. The summed E-state index contributed by atoms with van der Waals surface area (Å²) in [6.45, 7) is 3.69. The van der Waals surface area contributed by atoms with E-state index in [2.05, 4.69) is 5.32 Å². The number of phenols is 1. The van der Waals surface area contributed by atoms with Crippen molar-refractivity contribution >= 4 is 15.5 Å². The highest BCUT2D eigenvalue weighted by Gasteiger charge is 2.30. The maximum Gasteiger partial charge on any atom is 0.182 e. The first-order chi connectivity index (χ1) is 12.3. The van der Waals surface area contributed by atoms with Gasteiger partial charge in [0.25, 0.3) is 0 Å². The number of rotatable bonds is 6. The summed E-state index contributed by atoms with van der Waals surface area (Å²) >= 11 is 0. The van der Waals surface area contributed by atoms with Crippen LogP contribution in [0.15, 0.2) is 35.2 Å². The predicted octanol–water partition coefficient (Wildman–Crippen LogP) is 3.88. The zero-order chi connectivity index (χ0) is 18.9. The number of sulfone groups is 1. The monoisotopic (exact) mass is 372 g/mol. The largest absolute Gasteiger partial charge is 0.507 e. The fourth-order valence-electron chi connectivity index (χ4n) is 2.86. The molecule has 2 N–H and O–H groups in total. The van der Waals surface area contributed by atoms with Crippen molar-refractivity contribution in [1.29, 1.82) is 5.26 Å². The molecule has 6 nitrogen and oxygen atoms in total. The van der Waals surface area contributed by atoms with E-state index < -0.39 is 9.84 Å². The summed E-state index contributed by atoms with van der Waals surface area (Å²) in [6, 6.07) is 7.79. The van der Waals surface area contributed by atoms with Crippen LogP contribution in [0.4, 0.5) is 5.69 Å². The first-order valence-electron chi connectivity index (χ1n) is 8.30. The minimum Gasteiger partial charge on any atom is -0.507 e. The lowest BCUT2D eigenvalue weighted by Crippen LogP contribution is -2.08. The summed E-state index contributed by atoms with van der Waals surface area (Å²) in [7, 11) is -3.55. The Morgan fingerprint density at radius 2 is 1.88 bits per heavy atom. The van der Waals surface area contributed by atoms with E-state index in [-0.39, 0.29) is 22.3 Å². The Labute approximate surface area is 153 Å². The second-order valence-electron chi connectivity index (χ2n) is 6.63. The molecule has 2 aromatic carbocycles. The van der Waals surface area contributed by atoms with Crippen molar-refractivity contribution < 1.29 is 18.3 Å². The van der Waals surface area contributed by atoms with Crippen LogP contribution in [0.1, 0.15) is 24.0 Å². The molecule has 0 aliphatic heterocycles. The summed E-state index contributed by atoms with van der Waals surface area (Å²) < 4.78 is 30.9. The summed E-state index contributed by atoms with van der Waals surface area (Å²) in [5.41, 5.74) is 2.27. The number of hydrogen-bond donors (Lipinski definition) is 2. The second kappa shape index (κ2) is 6.89. The molecule has 0 spiro atoms. The Kier molecular flexibility index (Phi) is 4.79. The topological polar surface area (TPSA) is 99.4 Å². The lowest BCUT2D eigenvalue weighted by molar-refractivity contribution is 0.446. The molecule has 0 bridgehead atoms. The normalized spacial score (nSPS) is 13.9. The molecule has 1 saturated carbocycles. The third-order valence-electron chi connectivity index (χ3n) is 4.30. The predicted molar refractivity (Wildman–Crippen MR) is 98.1 cm³/mol. The van der Waals surface area contributed by atoms with Gasteiger partial charge in [0, 0.05) is 11.8 Å². The van der Waals surface area contributed by atoms with Gasteiger partial charge in [0.05, 0.1) is 5.75 Å². The van der Waals surface area contributed by atoms with Crippen LogP contribution >= 0.6 is 0 Å². The molecule has 0 amide bonds. The molecule has 0 atom stereocenters. The molecule has 136 valence electrons. The van der Waals surface area contributed by atoms with E-state index in [1.165, 1.54) is 18.2 Å². The number of anilines is 1. The third-order valence-corrected chi connectivity index (χ3v) is 6.21. The Bertz CT molecular complexity index is 966. The molecule has 1 fully saturated rings. The van der Waals surface area contributed by atoms with Gasteiger partial charge in [-0.3, -0.25) is 5.32 Å². The molecule has 1 aliphatic carbocycles. The minimum absolute atomic E-state index is 0.0522. The van der Waals surface area contributed by atoms with Gasteiger partial charge in [-0.15, -0.1) is 0 Å². The summed E-state index contributed by atoms with van der Waals surface area (Å²) in [6.07, 6.45) is 3.70. The van der Waals surface area contributed by atoms with E-state index in [0.717, 1.165) is 24.0 Å². The van der Waals surface area contributed by atoms with Crippen LogP contribution in [0.25, 0.3) is 0 Å². The molecule has 2 aromatic rings. The van der Waals surface area contributed by atoms with Gasteiger partial charge in [0.1, 0.15) is 22.1 Å². The van der Waals surface area contributed by atoms with E-state index >= 15 is 0 Å². The van der Waals surface area contributed by atoms with Crippen molar-refractivity contribution in [2.75, 3.05) is 11.1 Å². The maximum atomic E-state index is 12.5. The molecule has 0 saturated heterocycles. The molecule has 0 aromatic heterocycles. The maximum absolute atomic E-state index is 12.5. The van der Waals surface area contributed by atoms with Gasteiger partial charge in [-0.1, -0.05) is 0 Å². The SMILES string of the molecule is Cc1cc(NC#N)cc(C)c1Oc1ccc(O)c(S(=O)(=O)CC2CC2)c1. The molecular formula is C19H20N2O4S. The summed E-state index contributed by atoms with van der Waals surface area (Å²) in [5.74, 6) is 0.902. The van der Waals surface area contributed by atoms with Gasteiger partial charge in [-0.25, -0.2) is 8.42 Å². The van der Waals surface area contributed by atoms with E-state index in [9.17, 15) is 13.5 Å². The van der Waals surface area contributed by atoms with Crippen LogP contribution in [0.5, 0.6) is 17.2 Å². The van der Waals surface area contributed by atoms with Crippen molar-refractivity contribution in [1.82, 2.24) is 0 Å². The summed E-state index contributed by atoms with van der Waals surface area (Å²) in [5, 5.41) is 21.3. The van der Waals surface area contributed by atoms with Gasteiger partial charge in [0.2, 0.25) is 0 Å². The van der Waals surface area contributed by atoms with Crippen LogP contribution in [0.2, 0.25) is 0 Å². The standard InChI is InChI=1S/C19H20N2O4S/c1-12-7-15(21-11-20)8-13(2)19(12)25-16-5-6-17(22)18(9-16)26(23,24)10-14-3-4-14/h5-9,14,21-22H,3-4,10H2,1-2H3. The molecule has 3 rings (SSSR count). The molecule has 1 aliphatic rings. The van der Waals surface area contributed by atoms with Gasteiger partial charge < -0.3 is 9.84 Å². The number of hydrogen-bond acceptors (Lipinski definition) is 6. The molecule has 7 heteroatoms. The zero-order valence-corrected chi connectivity index (χ0v) is 15.4. The van der Waals surface area contributed by atoms with Crippen LogP contribution in [-0.2, 0) is 9.84 Å². The number of nitriles is 1. The Balaban J connectivity index is 1.92. The average molecular weight is 372 g/mol. The van der Waals surface area contributed by atoms with Crippen molar-refractivity contribution in [3.8, 4) is 23.4 Å². The molecule has 26 heavy (non-hydrogen) atoms. The fraction of sp³-hybridized carbons (Fsp3) is 0.316. The van der Waals surface area contributed by atoms with Gasteiger partial charge >= 0.3 is 0 Å². The van der Waals surface area contributed by atoms with Crippen LogP contribution in [0.3, 0.4) is 0 Å². The minimum atomic E-state index is -3.55. The smallest absolute Gasteiger partial charge is 0.182 e. The third kappa shape index (κ3) is 3.92. The number of benzene rings is 2. The highest BCUT2D eigenvalue weighted by atomic mass is 32.2. The number of nitrogens with zero attached hydrogens (tertiary/aromatic N) is 1. The highest BCUT2D eigenvalue weighted by molar-refractivity contribution is 7.91. The lowest BCUT2D eigenvalue weighted by Gasteiger charge is -2.14. The number of phenolic OH excluding ortho intramolecular Hbond substituents is 1. The molecular weight excluding hydrogens is 352 g/mol. The van der Waals surface area contributed by atoms with Crippen molar-refractivity contribution in [2.24, 2.45) is 5.92 Å². The Morgan fingerprint density at radius 1 is 1.23 bits per heavy atom. The average Bonchev–Trinajstić information content (AvgIpc) is 3.36. The van der Waals surface area contributed by atoms with E-state index in [1.54, 1.807) is 12.1 Å². The number of nitrogens with one attached hydrogen (secondary N) is 1. The first kappa shape index (κ1) is 18.1. The molecule has 0 radical (unpaired) electrons. The van der Waals surface area contributed by atoms with Crippen molar-refractivity contribution in [3.05, 3.63) is 41.5 Å². The molecule has 0 heterocycles. The Morgan fingerprint density at radius 3 is 2.46 bits per heavy atom. The van der Waals surface area contributed by atoms with E-state index in [0.29, 0.717) is 17.2 Å². The number of aromatic hydroxyl groups is 1. The van der Waals surface area contributed by atoms with Crippen molar-refractivity contribution in [2.45, 2.75) is 31.6 Å². The highest BCUT2D eigenvalue weighted by Crippen LogP contribution is 2.37. The van der Waals surface area contributed by atoms with Crippen LogP contribution in [-0.4, -0.2) is 19.3 Å². The van der Waals surface area contributed by atoms with Gasteiger partial charge in [0.15, 0.2) is 16.0 Å². The molecule has 0 unspecified atom stereocenters. The Hall–Kier alpha value is -2.72. The fourth-order valence-corrected chi connectivity index (χ4v) is 4.67. The van der Waals surface area contributed by atoms with Gasteiger partial charge in [-0.05, 0) is 68.0 Å². The van der Waals surface area contributed by atoms with Crippen molar-refractivity contribution in [3.63, 3.8) is 0 Å². The van der Waals surface area contributed by atoms with Crippen LogP contribution in [0, 0.1) is 31.2 Å². The lowest BCUT2D eigenvalue weighted by atomic mass is 10.1. The number of ether oxygens (including phenoxy) is 1. The number of aryl methyl sites for hydroxylation is 2.